The summed E-state index contributed by atoms with van der Waals surface area (Å²) in [6.45, 7) is 7.26. The zero-order chi connectivity index (χ0) is 13.0. The summed E-state index contributed by atoms with van der Waals surface area (Å²) < 4.78 is 5.59. The Morgan fingerprint density at radius 1 is 1.39 bits per heavy atom. The van der Waals surface area contributed by atoms with Gasteiger partial charge in [-0.15, -0.1) is 0 Å². The number of hydrogen-bond donors (Lipinski definition) is 1. The largest absolute Gasteiger partial charge is 0.437 e. The molecule has 2 rings (SSSR count). The zero-order valence-electron chi connectivity index (χ0n) is 11.7. The highest BCUT2D eigenvalue weighted by Crippen LogP contribution is 2.31. The van der Waals surface area contributed by atoms with E-state index in [2.05, 4.69) is 17.2 Å². The van der Waals surface area contributed by atoms with E-state index in [0.29, 0.717) is 0 Å². The molecule has 1 aromatic heterocycles. The summed E-state index contributed by atoms with van der Waals surface area (Å²) in [5, 5.41) is 4.44. The Kier molecular flexibility index (Phi) is 5.13. The van der Waals surface area contributed by atoms with Gasteiger partial charge in [-0.05, 0) is 45.6 Å². The topological polar surface area (TPSA) is 38.1 Å². The summed E-state index contributed by atoms with van der Waals surface area (Å²) >= 11 is 1.76. The van der Waals surface area contributed by atoms with Gasteiger partial charge >= 0.3 is 0 Å². The van der Waals surface area contributed by atoms with Crippen molar-refractivity contribution < 1.29 is 4.42 Å². The van der Waals surface area contributed by atoms with Crippen molar-refractivity contribution in [1.82, 2.24) is 10.3 Å². The highest BCUT2D eigenvalue weighted by atomic mass is 32.2. The van der Waals surface area contributed by atoms with Crippen molar-refractivity contribution in [3.05, 3.63) is 11.5 Å². The lowest BCUT2D eigenvalue weighted by Crippen LogP contribution is -2.32. The van der Waals surface area contributed by atoms with Gasteiger partial charge in [-0.25, -0.2) is 4.98 Å². The molecule has 3 nitrogen and oxygen atoms in total. The Labute approximate surface area is 114 Å². The third-order valence-corrected chi connectivity index (χ3v) is 4.71. The van der Waals surface area contributed by atoms with E-state index in [0.717, 1.165) is 40.9 Å². The van der Waals surface area contributed by atoms with Gasteiger partial charge in [0.05, 0.1) is 5.69 Å². The summed E-state index contributed by atoms with van der Waals surface area (Å²) in [6.07, 6.45) is 5.37. The summed E-state index contributed by atoms with van der Waals surface area (Å²) in [7, 11) is 0. The van der Waals surface area contributed by atoms with E-state index >= 15 is 0 Å². The molecular weight excluding hydrogens is 244 g/mol. The van der Waals surface area contributed by atoms with E-state index in [4.69, 9.17) is 4.42 Å². The minimum atomic E-state index is 0.739. The molecule has 2 atom stereocenters. The SMILES string of the molecule is CCNC1CCCC1CCSc1nc(C)c(C)o1. The minimum Gasteiger partial charge on any atom is -0.437 e. The Morgan fingerprint density at radius 2 is 2.22 bits per heavy atom. The normalized spacial score (nSPS) is 23.7. The number of nitrogens with one attached hydrogen (secondary N) is 1. The van der Waals surface area contributed by atoms with Crippen molar-refractivity contribution in [2.75, 3.05) is 12.3 Å². The number of oxazole rings is 1. The molecule has 0 saturated heterocycles. The Bertz CT molecular complexity index is 358. The molecule has 4 heteroatoms. The first-order valence-corrected chi connectivity index (χ1v) is 7.99. The van der Waals surface area contributed by atoms with E-state index in [1.165, 1.54) is 25.7 Å². The predicted molar refractivity (Wildman–Crippen MR) is 76.1 cm³/mol. The van der Waals surface area contributed by atoms with Crippen LogP contribution in [-0.2, 0) is 0 Å². The highest BCUT2D eigenvalue weighted by molar-refractivity contribution is 7.99. The van der Waals surface area contributed by atoms with Gasteiger partial charge in [0.25, 0.3) is 5.22 Å². The van der Waals surface area contributed by atoms with Crippen LogP contribution in [0.3, 0.4) is 0 Å². The molecule has 1 aromatic rings. The van der Waals surface area contributed by atoms with Crippen LogP contribution < -0.4 is 5.32 Å². The van der Waals surface area contributed by atoms with Crippen molar-refractivity contribution in [2.24, 2.45) is 5.92 Å². The quantitative estimate of drug-likeness (QED) is 0.801. The number of aromatic nitrogens is 1. The van der Waals surface area contributed by atoms with E-state index < -0.39 is 0 Å². The fourth-order valence-corrected chi connectivity index (χ4v) is 3.70. The molecule has 2 unspecified atom stereocenters. The number of nitrogens with zero attached hydrogens (tertiary/aromatic N) is 1. The highest BCUT2D eigenvalue weighted by Gasteiger charge is 2.25. The molecule has 0 radical (unpaired) electrons. The lowest BCUT2D eigenvalue weighted by molar-refractivity contribution is 0.399. The van der Waals surface area contributed by atoms with Gasteiger partial charge in [0, 0.05) is 11.8 Å². The van der Waals surface area contributed by atoms with E-state index in [1.54, 1.807) is 11.8 Å². The molecule has 102 valence electrons. The Morgan fingerprint density at radius 3 is 2.89 bits per heavy atom. The average Bonchev–Trinajstić information content (AvgIpc) is 2.89. The van der Waals surface area contributed by atoms with Gasteiger partial charge in [0.1, 0.15) is 5.76 Å². The smallest absolute Gasteiger partial charge is 0.256 e. The van der Waals surface area contributed by atoms with Gasteiger partial charge < -0.3 is 9.73 Å². The summed E-state index contributed by atoms with van der Waals surface area (Å²) in [6, 6.07) is 0.739. The van der Waals surface area contributed by atoms with Crippen molar-refractivity contribution in [1.29, 1.82) is 0 Å². The molecule has 1 aliphatic carbocycles. The van der Waals surface area contributed by atoms with Gasteiger partial charge in [0.15, 0.2) is 0 Å². The number of rotatable bonds is 6. The van der Waals surface area contributed by atoms with E-state index in [-0.39, 0.29) is 0 Å². The van der Waals surface area contributed by atoms with Gasteiger partial charge in [0.2, 0.25) is 0 Å². The van der Waals surface area contributed by atoms with E-state index in [9.17, 15) is 0 Å². The lowest BCUT2D eigenvalue weighted by Gasteiger charge is -2.19. The standard InChI is InChI=1S/C14H24N2OS/c1-4-15-13-7-5-6-12(13)8-9-18-14-16-10(2)11(3)17-14/h12-13,15H,4-9H2,1-3H3. The minimum absolute atomic E-state index is 0.739. The Balaban J connectivity index is 1.74. The molecule has 0 spiro atoms. The fourth-order valence-electron chi connectivity index (χ4n) is 2.72. The molecule has 0 amide bonds. The molecule has 1 N–H and O–H groups in total. The molecule has 0 bridgehead atoms. The first-order valence-electron chi connectivity index (χ1n) is 7.01. The molecule has 0 aliphatic heterocycles. The van der Waals surface area contributed by atoms with Crippen molar-refractivity contribution in [3.8, 4) is 0 Å². The van der Waals surface area contributed by atoms with Crippen LogP contribution in [0.5, 0.6) is 0 Å². The zero-order valence-corrected chi connectivity index (χ0v) is 12.5. The second kappa shape index (κ2) is 6.62. The van der Waals surface area contributed by atoms with Crippen LogP contribution in [0.2, 0.25) is 0 Å². The number of thioether (sulfide) groups is 1. The second-order valence-corrected chi connectivity index (χ2v) is 6.16. The third kappa shape index (κ3) is 3.51. The van der Waals surface area contributed by atoms with Crippen LogP contribution in [0.1, 0.15) is 44.1 Å². The molecule has 18 heavy (non-hydrogen) atoms. The number of aryl methyl sites for hydroxylation is 2. The van der Waals surface area contributed by atoms with Crippen molar-refractivity contribution in [2.45, 2.75) is 57.7 Å². The molecular formula is C14H24N2OS. The molecule has 1 fully saturated rings. The second-order valence-electron chi connectivity index (χ2n) is 5.11. The molecule has 1 aliphatic rings. The molecule has 1 heterocycles. The number of hydrogen-bond acceptors (Lipinski definition) is 4. The van der Waals surface area contributed by atoms with Gasteiger partial charge in [-0.1, -0.05) is 25.1 Å². The summed E-state index contributed by atoms with van der Waals surface area (Å²) in [4.78, 5) is 4.41. The van der Waals surface area contributed by atoms with Crippen LogP contribution in [0.4, 0.5) is 0 Å². The maximum Gasteiger partial charge on any atom is 0.256 e. The van der Waals surface area contributed by atoms with Gasteiger partial charge in [-0.3, -0.25) is 0 Å². The lowest BCUT2D eigenvalue weighted by atomic mass is 10.0. The first-order chi connectivity index (χ1) is 8.70. The summed E-state index contributed by atoms with van der Waals surface area (Å²) in [5.74, 6) is 2.91. The third-order valence-electron chi connectivity index (χ3n) is 3.85. The van der Waals surface area contributed by atoms with Crippen LogP contribution in [0, 0.1) is 19.8 Å². The fraction of sp³-hybridized carbons (Fsp3) is 0.786. The maximum atomic E-state index is 5.59. The van der Waals surface area contributed by atoms with Crippen LogP contribution >= 0.6 is 11.8 Å². The Hall–Kier alpha value is -0.480. The van der Waals surface area contributed by atoms with Crippen molar-refractivity contribution in [3.63, 3.8) is 0 Å². The van der Waals surface area contributed by atoms with Crippen LogP contribution in [0.15, 0.2) is 9.64 Å². The molecule has 0 aromatic carbocycles. The van der Waals surface area contributed by atoms with E-state index in [1.807, 2.05) is 13.8 Å². The van der Waals surface area contributed by atoms with Crippen molar-refractivity contribution >= 4 is 11.8 Å². The predicted octanol–water partition coefficient (Wildman–Crippen LogP) is 3.55. The average molecular weight is 268 g/mol. The van der Waals surface area contributed by atoms with Gasteiger partial charge in [-0.2, -0.15) is 0 Å². The van der Waals surface area contributed by atoms with Crippen LogP contribution in [-0.4, -0.2) is 23.3 Å². The molecule has 1 saturated carbocycles. The summed E-state index contributed by atoms with van der Waals surface area (Å²) in [5.41, 5.74) is 1.02. The maximum absolute atomic E-state index is 5.59. The van der Waals surface area contributed by atoms with Crippen LogP contribution in [0.25, 0.3) is 0 Å². The monoisotopic (exact) mass is 268 g/mol. The first kappa shape index (κ1) is 13.9.